The van der Waals surface area contributed by atoms with E-state index in [0.29, 0.717) is 21.9 Å². The maximum Gasteiger partial charge on any atom is 0.124 e. The third-order valence-electron chi connectivity index (χ3n) is 3.01. The van der Waals surface area contributed by atoms with E-state index < -0.39 is 6.10 Å². The van der Waals surface area contributed by atoms with Crippen LogP contribution < -0.4 is 4.74 Å². The number of phenolic OH excluding ortho intramolecular Hbond substituents is 1. The molecule has 1 atom stereocenters. The second-order valence-electron chi connectivity index (χ2n) is 4.46. The van der Waals surface area contributed by atoms with Gasteiger partial charge < -0.3 is 14.9 Å². The van der Waals surface area contributed by atoms with Gasteiger partial charge in [0.2, 0.25) is 0 Å². The van der Waals surface area contributed by atoms with Crippen LogP contribution in [0.5, 0.6) is 11.5 Å². The summed E-state index contributed by atoms with van der Waals surface area (Å²) in [4.78, 5) is 4.15. The number of halogens is 1. The molecule has 0 radical (unpaired) electrons. The summed E-state index contributed by atoms with van der Waals surface area (Å²) in [5.41, 5.74) is 1.16. The van der Waals surface area contributed by atoms with Gasteiger partial charge in [-0.05, 0) is 24.3 Å². The van der Waals surface area contributed by atoms with Crippen LogP contribution >= 0.6 is 11.6 Å². The van der Waals surface area contributed by atoms with Crippen molar-refractivity contribution >= 4 is 17.8 Å². The lowest BCUT2D eigenvalue weighted by atomic mass is 10.1. The lowest BCUT2D eigenvalue weighted by Crippen LogP contribution is -2.02. The van der Waals surface area contributed by atoms with Gasteiger partial charge in [0.1, 0.15) is 11.5 Å². The Morgan fingerprint density at radius 2 is 2.05 bits per heavy atom. The van der Waals surface area contributed by atoms with Crippen LogP contribution in [0.15, 0.2) is 47.5 Å². The fourth-order valence-corrected chi connectivity index (χ4v) is 2.12. The largest absolute Gasteiger partial charge is 0.507 e. The number of hydrogen-bond acceptors (Lipinski definition) is 4. The summed E-state index contributed by atoms with van der Waals surface area (Å²) in [5, 5.41) is 20.3. The molecule has 0 aliphatic heterocycles. The third-order valence-corrected chi connectivity index (χ3v) is 3.35. The molecule has 2 N–H and O–H groups in total. The monoisotopic (exact) mass is 305 g/mol. The van der Waals surface area contributed by atoms with Crippen LogP contribution in [0.2, 0.25) is 5.02 Å². The Hall–Kier alpha value is -2.04. The Morgan fingerprint density at radius 1 is 1.29 bits per heavy atom. The first-order valence-corrected chi connectivity index (χ1v) is 6.79. The molecule has 0 heterocycles. The zero-order valence-electron chi connectivity index (χ0n) is 11.5. The molecular weight excluding hydrogens is 290 g/mol. The summed E-state index contributed by atoms with van der Waals surface area (Å²) < 4.78 is 5.08. The molecule has 2 aromatic carbocycles. The molecule has 5 heteroatoms. The number of ether oxygens (including phenoxy) is 1. The molecular formula is C16H16ClNO3. The molecule has 0 aromatic heterocycles. The van der Waals surface area contributed by atoms with Gasteiger partial charge in [-0.15, -0.1) is 0 Å². The first-order valence-electron chi connectivity index (χ1n) is 6.41. The highest BCUT2D eigenvalue weighted by Gasteiger charge is 2.09. The van der Waals surface area contributed by atoms with Gasteiger partial charge >= 0.3 is 0 Å². The molecule has 0 spiro atoms. The molecule has 1 unspecified atom stereocenters. The van der Waals surface area contributed by atoms with Gasteiger partial charge in [0, 0.05) is 22.4 Å². The SMILES string of the molecule is COc1ccc(O)c(C=NCC(O)c2ccccc2Cl)c1. The number of aromatic hydroxyl groups is 1. The Morgan fingerprint density at radius 3 is 2.76 bits per heavy atom. The standard InChI is InChI=1S/C16H16ClNO3/c1-21-12-6-7-15(19)11(8-12)9-18-10-16(20)13-4-2-3-5-14(13)17/h2-9,16,19-20H,10H2,1H3. The Labute approximate surface area is 128 Å². The molecule has 110 valence electrons. The van der Waals surface area contributed by atoms with E-state index in [4.69, 9.17) is 16.3 Å². The van der Waals surface area contributed by atoms with Gasteiger partial charge in [0.15, 0.2) is 0 Å². The van der Waals surface area contributed by atoms with Crippen molar-refractivity contribution in [2.75, 3.05) is 13.7 Å². The Balaban J connectivity index is 2.07. The third kappa shape index (κ3) is 3.97. The average molecular weight is 306 g/mol. The van der Waals surface area contributed by atoms with E-state index in [9.17, 15) is 10.2 Å². The smallest absolute Gasteiger partial charge is 0.124 e. The predicted molar refractivity (Wildman–Crippen MR) is 83.5 cm³/mol. The first-order chi connectivity index (χ1) is 10.1. The summed E-state index contributed by atoms with van der Waals surface area (Å²) in [6.45, 7) is 0.153. The molecule has 2 rings (SSSR count). The van der Waals surface area contributed by atoms with Crippen molar-refractivity contribution < 1.29 is 14.9 Å². The second-order valence-corrected chi connectivity index (χ2v) is 4.86. The van der Waals surface area contributed by atoms with Crippen LogP contribution in [0.3, 0.4) is 0 Å². The summed E-state index contributed by atoms with van der Waals surface area (Å²) in [6, 6.07) is 11.9. The molecule has 0 fully saturated rings. The van der Waals surface area contributed by atoms with Gasteiger partial charge in [-0.2, -0.15) is 0 Å². The number of aliphatic hydroxyl groups excluding tert-OH is 1. The molecule has 2 aromatic rings. The number of rotatable bonds is 5. The van der Waals surface area contributed by atoms with Crippen molar-refractivity contribution in [1.82, 2.24) is 0 Å². The molecule has 0 aliphatic rings. The quantitative estimate of drug-likeness (QED) is 0.834. The number of aliphatic hydroxyl groups is 1. The number of phenols is 1. The van der Waals surface area contributed by atoms with Crippen molar-refractivity contribution in [1.29, 1.82) is 0 Å². The minimum Gasteiger partial charge on any atom is -0.507 e. The van der Waals surface area contributed by atoms with Crippen LogP contribution in [-0.4, -0.2) is 30.1 Å². The van der Waals surface area contributed by atoms with E-state index in [1.807, 2.05) is 6.07 Å². The molecule has 0 aliphatic carbocycles. The Kier molecular flexibility index (Phi) is 5.20. The summed E-state index contributed by atoms with van der Waals surface area (Å²) in [7, 11) is 1.55. The van der Waals surface area contributed by atoms with Gasteiger partial charge in [0.25, 0.3) is 0 Å². The second kappa shape index (κ2) is 7.11. The van der Waals surface area contributed by atoms with E-state index >= 15 is 0 Å². The molecule has 21 heavy (non-hydrogen) atoms. The fraction of sp³-hybridized carbons (Fsp3) is 0.188. The Bertz CT molecular complexity index is 643. The zero-order valence-corrected chi connectivity index (χ0v) is 12.3. The van der Waals surface area contributed by atoms with Crippen LogP contribution in [-0.2, 0) is 0 Å². The van der Waals surface area contributed by atoms with E-state index in [-0.39, 0.29) is 12.3 Å². The van der Waals surface area contributed by atoms with Gasteiger partial charge in [0.05, 0.1) is 19.8 Å². The minimum absolute atomic E-state index is 0.104. The highest BCUT2D eigenvalue weighted by atomic mass is 35.5. The van der Waals surface area contributed by atoms with Crippen LogP contribution in [0.4, 0.5) is 0 Å². The lowest BCUT2D eigenvalue weighted by molar-refractivity contribution is 0.187. The van der Waals surface area contributed by atoms with E-state index in [1.165, 1.54) is 12.3 Å². The average Bonchev–Trinajstić information content (AvgIpc) is 2.49. The summed E-state index contributed by atoms with van der Waals surface area (Å²) in [6.07, 6.45) is 0.709. The van der Waals surface area contributed by atoms with Crippen molar-refractivity contribution in [2.24, 2.45) is 4.99 Å². The van der Waals surface area contributed by atoms with Crippen LogP contribution in [0.25, 0.3) is 0 Å². The summed E-state index contributed by atoms with van der Waals surface area (Å²) in [5.74, 6) is 0.729. The van der Waals surface area contributed by atoms with E-state index in [1.54, 1.807) is 37.4 Å². The highest BCUT2D eigenvalue weighted by molar-refractivity contribution is 6.31. The molecule has 0 saturated heterocycles. The number of benzene rings is 2. The topological polar surface area (TPSA) is 62.0 Å². The van der Waals surface area contributed by atoms with Gasteiger partial charge in [-0.3, -0.25) is 4.99 Å². The van der Waals surface area contributed by atoms with E-state index in [0.717, 1.165) is 0 Å². The lowest BCUT2D eigenvalue weighted by Gasteiger charge is -2.09. The summed E-state index contributed by atoms with van der Waals surface area (Å²) >= 11 is 6.01. The van der Waals surface area contributed by atoms with Crippen molar-refractivity contribution in [2.45, 2.75) is 6.10 Å². The minimum atomic E-state index is -0.789. The number of aliphatic imine (C=N–C) groups is 1. The number of hydrogen-bond donors (Lipinski definition) is 2. The van der Waals surface area contributed by atoms with Crippen molar-refractivity contribution in [3.8, 4) is 11.5 Å². The van der Waals surface area contributed by atoms with Gasteiger partial charge in [-0.25, -0.2) is 0 Å². The molecule has 4 nitrogen and oxygen atoms in total. The predicted octanol–water partition coefficient (Wildman–Crippen LogP) is 3.21. The van der Waals surface area contributed by atoms with E-state index in [2.05, 4.69) is 4.99 Å². The van der Waals surface area contributed by atoms with Gasteiger partial charge in [-0.1, -0.05) is 29.8 Å². The molecule has 0 amide bonds. The maximum absolute atomic E-state index is 10.1. The van der Waals surface area contributed by atoms with Crippen molar-refractivity contribution in [3.05, 3.63) is 58.6 Å². The molecule has 0 bridgehead atoms. The maximum atomic E-state index is 10.1. The van der Waals surface area contributed by atoms with Crippen LogP contribution in [0, 0.1) is 0 Å². The van der Waals surface area contributed by atoms with Crippen molar-refractivity contribution in [3.63, 3.8) is 0 Å². The molecule has 0 saturated carbocycles. The highest BCUT2D eigenvalue weighted by Crippen LogP contribution is 2.23. The van der Waals surface area contributed by atoms with Crippen LogP contribution in [0.1, 0.15) is 17.2 Å². The normalized spacial score (nSPS) is 12.5. The number of methoxy groups -OCH3 is 1. The fourth-order valence-electron chi connectivity index (χ4n) is 1.86. The number of nitrogens with zero attached hydrogens (tertiary/aromatic N) is 1. The first kappa shape index (κ1) is 15.4. The zero-order chi connectivity index (χ0) is 15.2.